The lowest BCUT2D eigenvalue weighted by Gasteiger charge is -2.04. The van der Waals surface area contributed by atoms with Crippen LogP contribution in [0.25, 0.3) is 0 Å². The second-order valence-corrected chi connectivity index (χ2v) is 5.04. The Balaban J connectivity index is 2.23. The van der Waals surface area contributed by atoms with Gasteiger partial charge in [0.05, 0.1) is 11.4 Å². The first-order valence-corrected chi connectivity index (χ1v) is 6.46. The molecule has 0 aromatic carbocycles. The summed E-state index contributed by atoms with van der Waals surface area (Å²) in [6.45, 7) is 2.01. The Morgan fingerprint density at radius 1 is 1.44 bits per heavy atom. The standard InChI is InChI=1S/C12H15BrN4O/c1-4-9-10(7-17(3)15-9)14-12(18)11-5-8(13)6-16(11)2/h5-7H,4H2,1-3H3,(H,14,18). The van der Waals surface area contributed by atoms with Crippen LogP contribution < -0.4 is 5.32 Å². The fourth-order valence-corrected chi connectivity index (χ4v) is 2.36. The fraction of sp³-hybridized carbons (Fsp3) is 0.333. The van der Waals surface area contributed by atoms with E-state index in [1.54, 1.807) is 15.3 Å². The molecular weight excluding hydrogens is 296 g/mol. The number of hydrogen-bond acceptors (Lipinski definition) is 2. The van der Waals surface area contributed by atoms with Gasteiger partial charge in [-0.1, -0.05) is 6.92 Å². The molecule has 2 aromatic rings. The fourth-order valence-electron chi connectivity index (χ4n) is 1.84. The van der Waals surface area contributed by atoms with Crippen molar-refractivity contribution in [3.8, 4) is 0 Å². The van der Waals surface area contributed by atoms with Crippen molar-refractivity contribution >= 4 is 27.5 Å². The van der Waals surface area contributed by atoms with Crippen LogP contribution in [0, 0.1) is 0 Å². The van der Waals surface area contributed by atoms with Crippen molar-refractivity contribution in [3.05, 3.63) is 34.3 Å². The highest BCUT2D eigenvalue weighted by Gasteiger charge is 2.14. The van der Waals surface area contributed by atoms with Crippen LogP contribution in [-0.2, 0) is 20.5 Å². The number of halogens is 1. The van der Waals surface area contributed by atoms with E-state index in [1.165, 1.54) is 0 Å². The molecule has 0 unspecified atom stereocenters. The average molecular weight is 311 g/mol. The summed E-state index contributed by atoms with van der Waals surface area (Å²) in [6.07, 6.45) is 4.45. The van der Waals surface area contributed by atoms with Gasteiger partial charge in [-0.25, -0.2) is 0 Å². The van der Waals surface area contributed by atoms with Gasteiger partial charge in [-0.15, -0.1) is 0 Å². The predicted octanol–water partition coefficient (Wildman–Crippen LogP) is 2.34. The summed E-state index contributed by atoms with van der Waals surface area (Å²) in [5.41, 5.74) is 2.26. The smallest absolute Gasteiger partial charge is 0.272 e. The topological polar surface area (TPSA) is 51.9 Å². The van der Waals surface area contributed by atoms with Gasteiger partial charge in [-0.2, -0.15) is 5.10 Å². The van der Waals surface area contributed by atoms with Crippen LogP contribution in [0.1, 0.15) is 23.1 Å². The highest BCUT2D eigenvalue weighted by molar-refractivity contribution is 9.10. The molecule has 0 spiro atoms. The van der Waals surface area contributed by atoms with E-state index in [9.17, 15) is 4.79 Å². The van der Waals surface area contributed by atoms with Gasteiger partial charge in [-0.05, 0) is 28.4 Å². The second-order valence-electron chi connectivity index (χ2n) is 4.13. The highest BCUT2D eigenvalue weighted by Crippen LogP contribution is 2.18. The number of nitrogens with zero attached hydrogens (tertiary/aromatic N) is 3. The molecule has 2 rings (SSSR count). The van der Waals surface area contributed by atoms with Crippen molar-refractivity contribution in [2.24, 2.45) is 14.1 Å². The number of anilines is 1. The molecule has 0 saturated heterocycles. The van der Waals surface area contributed by atoms with Gasteiger partial charge in [0.2, 0.25) is 0 Å². The SMILES string of the molecule is CCc1nn(C)cc1NC(=O)c1cc(Br)cn1C. The minimum atomic E-state index is -0.133. The predicted molar refractivity (Wildman–Crippen MR) is 73.7 cm³/mol. The lowest BCUT2D eigenvalue weighted by molar-refractivity contribution is 0.101. The maximum absolute atomic E-state index is 12.1. The molecule has 1 N–H and O–H groups in total. The molecule has 6 heteroatoms. The van der Waals surface area contributed by atoms with Crippen LogP contribution in [-0.4, -0.2) is 20.3 Å². The van der Waals surface area contributed by atoms with Crippen molar-refractivity contribution in [1.29, 1.82) is 0 Å². The molecule has 0 radical (unpaired) electrons. The lowest BCUT2D eigenvalue weighted by Crippen LogP contribution is -2.15. The van der Waals surface area contributed by atoms with Gasteiger partial charge >= 0.3 is 0 Å². The maximum atomic E-state index is 12.1. The van der Waals surface area contributed by atoms with E-state index < -0.39 is 0 Å². The zero-order valence-electron chi connectivity index (χ0n) is 10.6. The molecule has 0 fully saturated rings. The molecule has 0 aliphatic carbocycles. The van der Waals surface area contributed by atoms with E-state index in [2.05, 4.69) is 26.3 Å². The number of nitrogens with one attached hydrogen (secondary N) is 1. The summed E-state index contributed by atoms with van der Waals surface area (Å²) < 4.78 is 4.37. The number of aromatic nitrogens is 3. The summed E-state index contributed by atoms with van der Waals surface area (Å²) in [4.78, 5) is 12.1. The molecule has 0 atom stereocenters. The molecular formula is C12H15BrN4O. The quantitative estimate of drug-likeness (QED) is 0.946. The highest BCUT2D eigenvalue weighted by atomic mass is 79.9. The number of carbonyl (C=O) groups is 1. The summed E-state index contributed by atoms with van der Waals surface area (Å²) in [7, 11) is 3.68. The van der Waals surface area contributed by atoms with Gasteiger partial charge in [0.25, 0.3) is 5.91 Å². The third kappa shape index (κ3) is 2.48. The summed E-state index contributed by atoms with van der Waals surface area (Å²) in [5.74, 6) is -0.133. The van der Waals surface area contributed by atoms with Crippen LogP contribution in [0.5, 0.6) is 0 Å². The van der Waals surface area contributed by atoms with E-state index in [0.717, 1.165) is 22.3 Å². The largest absolute Gasteiger partial charge is 0.345 e. The van der Waals surface area contributed by atoms with Crippen molar-refractivity contribution in [2.45, 2.75) is 13.3 Å². The van der Waals surface area contributed by atoms with Crippen LogP contribution in [0.2, 0.25) is 0 Å². The second kappa shape index (κ2) is 4.97. The number of amides is 1. The normalized spacial score (nSPS) is 10.7. The molecule has 96 valence electrons. The van der Waals surface area contributed by atoms with Gasteiger partial charge in [-0.3, -0.25) is 9.48 Å². The molecule has 0 aliphatic heterocycles. The first-order chi connectivity index (χ1) is 8.51. The van der Waals surface area contributed by atoms with Gasteiger partial charge in [0, 0.05) is 31.0 Å². The number of aryl methyl sites for hydroxylation is 3. The van der Waals surface area contributed by atoms with E-state index >= 15 is 0 Å². The average Bonchev–Trinajstić information content (AvgIpc) is 2.81. The van der Waals surface area contributed by atoms with Gasteiger partial charge < -0.3 is 9.88 Å². The van der Waals surface area contributed by atoms with Crippen molar-refractivity contribution < 1.29 is 4.79 Å². The monoisotopic (exact) mass is 310 g/mol. The van der Waals surface area contributed by atoms with E-state index in [1.807, 2.05) is 33.4 Å². The Hall–Kier alpha value is -1.56. The zero-order chi connectivity index (χ0) is 13.3. The lowest BCUT2D eigenvalue weighted by atomic mass is 10.3. The minimum Gasteiger partial charge on any atom is -0.345 e. The summed E-state index contributed by atoms with van der Waals surface area (Å²) in [5, 5.41) is 7.18. The number of rotatable bonds is 3. The Morgan fingerprint density at radius 2 is 2.17 bits per heavy atom. The van der Waals surface area contributed by atoms with Crippen LogP contribution in [0.4, 0.5) is 5.69 Å². The Morgan fingerprint density at radius 3 is 2.72 bits per heavy atom. The molecule has 18 heavy (non-hydrogen) atoms. The molecule has 1 amide bonds. The van der Waals surface area contributed by atoms with Gasteiger partial charge in [0.15, 0.2) is 0 Å². The Bertz CT molecular complexity index is 585. The van der Waals surface area contributed by atoms with Gasteiger partial charge in [0.1, 0.15) is 5.69 Å². The Kier molecular flexibility index (Phi) is 3.56. The molecule has 5 nitrogen and oxygen atoms in total. The van der Waals surface area contributed by atoms with Crippen molar-refractivity contribution in [2.75, 3.05) is 5.32 Å². The maximum Gasteiger partial charge on any atom is 0.272 e. The minimum absolute atomic E-state index is 0.133. The van der Waals surface area contributed by atoms with Crippen LogP contribution in [0.3, 0.4) is 0 Å². The van der Waals surface area contributed by atoms with E-state index in [0.29, 0.717) is 5.69 Å². The summed E-state index contributed by atoms with van der Waals surface area (Å²) in [6, 6.07) is 1.79. The molecule has 2 aromatic heterocycles. The van der Waals surface area contributed by atoms with Crippen molar-refractivity contribution in [1.82, 2.24) is 14.3 Å². The third-order valence-electron chi connectivity index (χ3n) is 2.69. The van der Waals surface area contributed by atoms with E-state index in [-0.39, 0.29) is 5.91 Å². The summed E-state index contributed by atoms with van der Waals surface area (Å²) >= 11 is 3.35. The molecule has 0 aliphatic rings. The molecule has 0 saturated carbocycles. The molecule has 0 bridgehead atoms. The van der Waals surface area contributed by atoms with E-state index in [4.69, 9.17) is 0 Å². The first kappa shape index (κ1) is 12.9. The molecule has 2 heterocycles. The third-order valence-corrected chi connectivity index (χ3v) is 3.13. The number of hydrogen-bond donors (Lipinski definition) is 1. The first-order valence-electron chi connectivity index (χ1n) is 5.67. The number of carbonyl (C=O) groups excluding carboxylic acids is 1. The van der Waals surface area contributed by atoms with Crippen LogP contribution >= 0.6 is 15.9 Å². The zero-order valence-corrected chi connectivity index (χ0v) is 12.2. The Labute approximate surface area is 114 Å². The van der Waals surface area contributed by atoms with Crippen molar-refractivity contribution in [3.63, 3.8) is 0 Å². The van der Waals surface area contributed by atoms with Crippen LogP contribution in [0.15, 0.2) is 22.9 Å².